The van der Waals surface area contributed by atoms with Crippen molar-refractivity contribution in [1.29, 1.82) is 0 Å². The van der Waals surface area contributed by atoms with Crippen LogP contribution in [0.3, 0.4) is 0 Å². The summed E-state index contributed by atoms with van der Waals surface area (Å²) in [5, 5.41) is 0. The van der Waals surface area contributed by atoms with Crippen molar-refractivity contribution >= 4 is 11.9 Å². The molecular formula is C56H90O6. The highest BCUT2D eigenvalue weighted by Crippen LogP contribution is 2.40. The van der Waals surface area contributed by atoms with E-state index in [0.717, 1.165) is 50.4 Å². The first-order chi connectivity index (χ1) is 30.4. The van der Waals surface area contributed by atoms with Gasteiger partial charge in [0.15, 0.2) is 0 Å². The number of ether oxygens (including phenoxy) is 4. The molecule has 2 fully saturated rings. The van der Waals surface area contributed by atoms with Crippen LogP contribution in [0.1, 0.15) is 243 Å². The lowest BCUT2D eigenvalue weighted by Crippen LogP contribution is -2.40. The molecule has 2 saturated carbocycles. The van der Waals surface area contributed by atoms with E-state index in [4.69, 9.17) is 18.9 Å². The number of benzene rings is 2. The topological polar surface area (TPSA) is 71.1 Å². The van der Waals surface area contributed by atoms with Crippen molar-refractivity contribution < 1.29 is 28.5 Å². The quantitative estimate of drug-likeness (QED) is 0.0526. The van der Waals surface area contributed by atoms with E-state index in [1.54, 1.807) is 0 Å². The monoisotopic (exact) mass is 859 g/mol. The van der Waals surface area contributed by atoms with Gasteiger partial charge < -0.3 is 18.9 Å². The lowest BCUT2D eigenvalue weighted by molar-refractivity contribution is -0.151. The van der Waals surface area contributed by atoms with Crippen molar-refractivity contribution in [2.75, 3.05) is 13.2 Å². The van der Waals surface area contributed by atoms with Crippen molar-refractivity contribution in [2.45, 2.75) is 244 Å². The fourth-order valence-corrected chi connectivity index (χ4v) is 10.0. The average Bonchev–Trinajstić information content (AvgIpc) is 3.29. The van der Waals surface area contributed by atoms with E-state index in [0.29, 0.717) is 36.5 Å². The molecule has 0 saturated heterocycles. The van der Waals surface area contributed by atoms with E-state index in [1.807, 2.05) is 24.3 Å². The van der Waals surface area contributed by atoms with E-state index in [-0.39, 0.29) is 24.8 Å². The molecule has 2 atom stereocenters. The molecule has 0 unspecified atom stereocenters. The number of rotatable bonds is 33. The fraction of sp³-hybridized carbons (Fsp3) is 0.750. The molecule has 0 bridgehead atoms. The van der Waals surface area contributed by atoms with E-state index < -0.39 is 12.2 Å². The maximum Gasteiger partial charge on any atom is 0.309 e. The Bertz CT molecular complexity index is 1310. The highest BCUT2D eigenvalue weighted by atomic mass is 16.6. The van der Waals surface area contributed by atoms with Crippen molar-refractivity contribution in [3.63, 3.8) is 0 Å². The third kappa shape index (κ3) is 20.7. The zero-order valence-corrected chi connectivity index (χ0v) is 40.2. The molecule has 4 rings (SSSR count). The molecule has 2 aliphatic carbocycles. The average molecular weight is 859 g/mol. The zero-order valence-electron chi connectivity index (χ0n) is 40.2. The Morgan fingerprint density at radius 3 is 1.11 bits per heavy atom. The van der Waals surface area contributed by atoms with E-state index in [9.17, 15) is 9.59 Å². The minimum atomic E-state index is -0.749. The predicted octanol–water partition coefficient (Wildman–Crippen LogP) is 16.2. The van der Waals surface area contributed by atoms with Crippen LogP contribution in [-0.2, 0) is 19.1 Å². The van der Waals surface area contributed by atoms with Crippen LogP contribution < -0.4 is 9.47 Å². The lowest BCUT2D eigenvalue weighted by atomic mass is 9.77. The Kier molecular flexibility index (Phi) is 26.4. The second-order valence-electron chi connectivity index (χ2n) is 19.3. The maximum absolute atomic E-state index is 13.6. The predicted molar refractivity (Wildman–Crippen MR) is 257 cm³/mol. The minimum absolute atomic E-state index is 0.0193. The summed E-state index contributed by atoms with van der Waals surface area (Å²) in [6.07, 6.45) is 32.8. The summed E-state index contributed by atoms with van der Waals surface area (Å²) in [5.74, 6) is 3.56. The van der Waals surface area contributed by atoms with Crippen LogP contribution in [0.4, 0.5) is 0 Å². The Morgan fingerprint density at radius 2 is 0.758 bits per heavy atom. The van der Waals surface area contributed by atoms with Gasteiger partial charge in [-0.05, 0) is 123 Å². The molecule has 0 aromatic heterocycles. The minimum Gasteiger partial charge on any atom is -0.486 e. The Labute approximate surface area is 379 Å². The summed E-state index contributed by atoms with van der Waals surface area (Å²) in [4.78, 5) is 27.1. The summed E-state index contributed by atoms with van der Waals surface area (Å²) < 4.78 is 25.0. The molecule has 2 aliphatic rings. The van der Waals surface area contributed by atoms with Gasteiger partial charge in [-0.1, -0.05) is 168 Å². The SMILES string of the molecule is CCCCCCCCOC(=O)C[C@@H](Oc1ccc(C2CCC(CCCCC)CC2)cc1)[C@@H](CC(=O)OCCCCCCCC)Oc1ccc(C2CCC(CCCCC)CC2)cc1. The molecule has 0 heterocycles. The highest BCUT2D eigenvalue weighted by Gasteiger charge is 2.32. The van der Waals surface area contributed by atoms with Crippen LogP contribution in [-0.4, -0.2) is 37.4 Å². The third-order valence-electron chi connectivity index (χ3n) is 14.1. The Morgan fingerprint density at radius 1 is 0.435 bits per heavy atom. The normalized spacial score (nSPS) is 20.0. The van der Waals surface area contributed by atoms with E-state index >= 15 is 0 Å². The van der Waals surface area contributed by atoms with Gasteiger partial charge in [0.05, 0.1) is 26.1 Å². The van der Waals surface area contributed by atoms with Crippen molar-refractivity contribution in [1.82, 2.24) is 0 Å². The van der Waals surface area contributed by atoms with Crippen LogP contribution in [0.5, 0.6) is 11.5 Å². The van der Waals surface area contributed by atoms with Gasteiger partial charge in [-0.3, -0.25) is 9.59 Å². The molecule has 6 nitrogen and oxygen atoms in total. The highest BCUT2D eigenvalue weighted by molar-refractivity contribution is 5.72. The van der Waals surface area contributed by atoms with Crippen molar-refractivity contribution in [3.05, 3.63) is 59.7 Å². The number of hydrogen-bond acceptors (Lipinski definition) is 6. The summed E-state index contributed by atoms with van der Waals surface area (Å²) in [5.41, 5.74) is 2.71. The summed E-state index contributed by atoms with van der Waals surface area (Å²) >= 11 is 0. The van der Waals surface area contributed by atoms with Gasteiger partial charge in [-0.15, -0.1) is 0 Å². The molecule has 0 amide bonds. The van der Waals surface area contributed by atoms with Gasteiger partial charge in [0.25, 0.3) is 0 Å². The summed E-state index contributed by atoms with van der Waals surface area (Å²) in [6.45, 7) is 9.79. The van der Waals surface area contributed by atoms with E-state index in [2.05, 4.69) is 52.0 Å². The molecular weight excluding hydrogens is 769 g/mol. The summed E-state index contributed by atoms with van der Waals surface area (Å²) in [7, 11) is 0. The Hall–Kier alpha value is -3.02. The van der Waals surface area contributed by atoms with Crippen LogP contribution >= 0.6 is 0 Å². The molecule has 0 spiro atoms. The molecule has 350 valence electrons. The first-order valence-corrected chi connectivity index (χ1v) is 26.3. The molecule has 62 heavy (non-hydrogen) atoms. The van der Waals surface area contributed by atoms with Crippen LogP contribution in [0.25, 0.3) is 0 Å². The molecule has 6 heteroatoms. The Balaban J connectivity index is 1.46. The standard InChI is InChI=1S/C56H90O6/c1-5-9-13-15-17-21-41-59-55(57)43-53(61-51-37-33-49(34-38-51)47-29-25-45(26-30-47)23-19-11-7-3)54(44-56(58)60-42-22-18-16-14-10-6-2)62-52-39-35-50(36-40-52)48-31-27-46(28-32-48)24-20-12-8-4/h33-40,45-48,53-54H,5-32,41-44H2,1-4H3/t45?,46?,47?,48?,53-,54-/m1/s1. The number of carbonyl (C=O) groups is 2. The van der Waals surface area contributed by atoms with Gasteiger partial charge in [0, 0.05) is 0 Å². The molecule has 0 aliphatic heterocycles. The van der Waals surface area contributed by atoms with Crippen molar-refractivity contribution in [3.8, 4) is 11.5 Å². The largest absolute Gasteiger partial charge is 0.486 e. The smallest absolute Gasteiger partial charge is 0.309 e. The van der Waals surface area contributed by atoms with Gasteiger partial charge >= 0.3 is 11.9 Å². The van der Waals surface area contributed by atoms with Crippen molar-refractivity contribution in [2.24, 2.45) is 11.8 Å². The number of carbonyl (C=O) groups excluding carboxylic acids is 2. The maximum atomic E-state index is 13.6. The second kappa shape index (κ2) is 31.8. The molecule has 2 aromatic carbocycles. The van der Waals surface area contributed by atoms with Gasteiger partial charge in [0.1, 0.15) is 23.7 Å². The van der Waals surface area contributed by atoms with Crippen LogP contribution in [0.15, 0.2) is 48.5 Å². The van der Waals surface area contributed by atoms with Gasteiger partial charge in [-0.25, -0.2) is 0 Å². The fourth-order valence-electron chi connectivity index (χ4n) is 10.0. The molecule has 0 N–H and O–H groups in total. The number of esters is 2. The van der Waals surface area contributed by atoms with Crippen LogP contribution in [0, 0.1) is 11.8 Å². The third-order valence-corrected chi connectivity index (χ3v) is 14.1. The second-order valence-corrected chi connectivity index (χ2v) is 19.3. The van der Waals surface area contributed by atoms with Gasteiger partial charge in [-0.2, -0.15) is 0 Å². The first kappa shape index (κ1) is 51.6. The van der Waals surface area contributed by atoms with E-state index in [1.165, 1.54) is 152 Å². The lowest BCUT2D eigenvalue weighted by Gasteiger charge is -2.30. The number of unbranched alkanes of at least 4 members (excludes halogenated alkanes) is 14. The number of hydrogen-bond donors (Lipinski definition) is 0. The first-order valence-electron chi connectivity index (χ1n) is 26.3. The summed E-state index contributed by atoms with van der Waals surface area (Å²) in [6, 6.07) is 17.0. The molecule has 2 aromatic rings. The molecule has 0 radical (unpaired) electrons. The van der Waals surface area contributed by atoms with Gasteiger partial charge in [0.2, 0.25) is 0 Å². The zero-order chi connectivity index (χ0) is 44.0. The van der Waals surface area contributed by atoms with Crippen LogP contribution in [0.2, 0.25) is 0 Å².